The van der Waals surface area contributed by atoms with Crippen LogP contribution < -0.4 is 0 Å². The Labute approximate surface area is 123 Å². The van der Waals surface area contributed by atoms with Gasteiger partial charge in [0.1, 0.15) is 5.73 Å². The van der Waals surface area contributed by atoms with Crippen molar-refractivity contribution < 1.29 is 18.6 Å². The molecule has 0 radical (unpaired) electrons. The fourth-order valence-corrected chi connectivity index (χ4v) is 1.95. The number of hydrogen-bond donors (Lipinski definition) is 0. The van der Waals surface area contributed by atoms with Gasteiger partial charge in [0, 0.05) is 6.07 Å². The number of nitro groups is 1. The summed E-state index contributed by atoms with van der Waals surface area (Å²) in [5, 5.41) is 10.9. The molecule has 1 saturated heterocycles. The summed E-state index contributed by atoms with van der Waals surface area (Å²) >= 11 is 0. The molecule has 5 nitrogen and oxygen atoms in total. The maximum absolute atomic E-state index is 14.3. The topological polar surface area (TPSA) is 61.6 Å². The molecule has 2 rings (SSSR count). The van der Waals surface area contributed by atoms with Crippen molar-refractivity contribution in [3.8, 4) is 0 Å². The van der Waals surface area contributed by atoms with Crippen molar-refractivity contribution in [3.05, 3.63) is 45.7 Å². The van der Waals surface area contributed by atoms with E-state index >= 15 is 0 Å². The second-order valence-electron chi connectivity index (χ2n) is 5.93. The second-order valence-corrected chi connectivity index (χ2v) is 5.93. The third-order valence-electron chi connectivity index (χ3n) is 3.91. The van der Waals surface area contributed by atoms with Gasteiger partial charge in [0.2, 0.25) is 0 Å². The third kappa shape index (κ3) is 2.98. The maximum atomic E-state index is 14.3. The van der Waals surface area contributed by atoms with Crippen molar-refractivity contribution in [3.63, 3.8) is 0 Å². The number of para-hydroxylation sites is 1. The van der Waals surface area contributed by atoms with Crippen LogP contribution in [0.4, 0.5) is 10.1 Å². The molecule has 7 heteroatoms. The lowest BCUT2D eigenvalue weighted by Crippen LogP contribution is -2.41. The van der Waals surface area contributed by atoms with E-state index in [0.717, 1.165) is 6.08 Å². The van der Waals surface area contributed by atoms with Crippen LogP contribution in [0, 0.1) is 10.1 Å². The zero-order valence-electron chi connectivity index (χ0n) is 12.4. The zero-order chi connectivity index (χ0) is 15.8. The van der Waals surface area contributed by atoms with E-state index in [1.807, 2.05) is 27.7 Å². The molecule has 1 aromatic rings. The monoisotopic (exact) mass is 293 g/mol. The summed E-state index contributed by atoms with van der Waals surface area (Å²) in [5.41, 5.74) is -2.00. The van der Waals surface area contributed by atoms with Crippen LogP contribution in [0.15, 0.2) is 30.0 Å². The predicted molar refractivity (Wildman–Crippen MR) is 78.3 cm³/mol. The molecule has 1 aromatic carbocycles. The molecule has 0 saturated carbocycles. The molecule has 1 fully saturated rings. The molecule has 1 aliphatic rings. The van der Waals surface area contributed by atoms with E-state index < -0.39 is 29.0 Å². The summed E-state index contributed by atoms with van der Waals surface area (Å²) in [4.78, 5) is 10.4. The first kappa shape index (κ1) is 15.7. The molecule has 21 heavy (non-hydrogen) atoms. The normalized spacial score (nSPS) is 20.6. The van der Waals surface area contributed by atoms with Gasteiger partial charge in [-0.3, -0.25) is 10.1 Å². The van der Waals surface area contributed by atoms with E-state index in [1.165, 1.54) is 18.2 Å². The van der Waals surface area contributed by atoms with Gasteiger partial charge in [-0.25, -0.2) is 4.39 Å². The first-order chi connectivity index (χ1) is 9.64. The van der Waals surface area contributed by atoms with Gasteiger partial charge in [-0.15, -0.1) is 0 Å². The summed E-state index contributed by atoms with van der Waals surface area (Å²) in [6, 6.07) is 5.94. The number of nitrogens with zero attached hydrogens (tertiary/aromatic N) is 1. The van der Waals surface area contributed by atoms with Crippen molar-refractivity contribution in [2.45, 2.75) is 38.9 Å². The number of benzene rings is 1. The molecule has 1 aliphatic heterocycles. The highest BCUT2D eigenvalue weighted by molar-refractivity contribution is 6.54. The van der Waals surface area contributed by atoms with Crippen LogP contribution in [0.2, 0.25) is 0 Å². The third-order valence-corrected chi connectivity index (χ3v) is 3.91. The zero-order valence-corrected chi connectivity index (χ0v) is 12.4. The fraction of sp³-hybridized carbons (Fsp3) is 0.429. The molecular formula is C14H17BFNO4. The molecule has 0 amide bonds. The number of hydrogen-bond acceptors (Lipinski definition) is 4. The van der Waals surface area contributed by atoms with Crippen molar-refractivity contribution >= 4 is 18.9 Å². The van der Waals surface area contributed by atoms with E-state index in [0.29, 0.717) is 0 Å². The Hall–Kier alpha value is -1.73. The van der Waals surface area contributed by atoms with Crippen LogP contribution in [0.1, 0.15) is 33.3 Å². The summed E-state index contributed by atoms with van der Waals surface area (Å²) in [6.45, 7) is 7.24. The highest BCUT2D eigenvalue weighted by atomic mass is 19.1. The van der Waals surface area contributed by atoms with E-state index in [9.17, 15) is 14.5 Å². The van der Waals surface area contributed by atoms with Crippen LogP contribution in [0.5, 0.6) is 0 Å². The second kappa shape index (κ2) is 5.24. The lowest BCUT2D eigenvalue weighted by molar-refractivity contribution is -0.385. The Kier molecular flexibility index (Phi) is 3.90. The van der Waals surface area contributed by atoms with E-state index in [1.54, 1.807) is 6.07 Å². The fourth-order valence-electron chi connectivity index (χ4n) is 1.95. The van der Waals surface area contributed by atoms with Crippen LogP contribution >= 0.6 is 0 Å². The van der Waals surface area contributed by atoms with E-state index in [2.05, 4.69) is 0 Å². The highest BCUT2D eigenvalue weighted by Gasteiger charge is 2.53. The van der Waals surface area contributed by atoms with Gasteiger partial charge in [-0.2, -0.15) is 0 Å². The molecule has 0 aliphatic carbocycles. The van der Waals surface area contributed by atoms with Gasteiger partial charge in [-0.05, 0) is 39.8 Å². The molecule has 112 valence electrons. The minimum Gasteiger partial charge on any atom is -0.398 e. The quantitative estimate of drug-likeness (QED) is 0.486. The number of rotatable bonds is 3. The van der Waals surface area contributed by atoms with Gasteiger partial charge in [0.05, 0.1) is 21.7 Å². The van der Waals surface area contributed by atoms with Gasteiger partial charge >= 0.3 is 7.12 Å². The van der Waals surface area contributed by atoms with Crippen LogP contribution in [-0.2, 0) is 9.31 Å². The smallest absolute Gasteiger partial charge is 0.398 e. The van der Waals surface area contributed by atoms with Crippen molar-refractivity contribution in [1.82, 2.24) is 0 Å². The Morgan fingerprint density at radius 2 is 1.76 bits per heavy atom. The van der Waals surface area contributed by atoms with Gasteiger partial charge < -0.3 is 9.31 Å². The molecule has 0 aromatic heterocycles. The minimum atomic E-state index is -1.16. The average molecular weight is 293 g/mol. The van der Waals surface area contributed by atoms with E-state index in [4.69, 9.17) is 9.31 Å². The van der Waals surface area contributed by atoms with Gasteiger partial charge in [0.25, 0.3) is 5.69 Å². The van der Waals surface area contributed by atoms with Crippen LogP contribution in [0.3, 0.4) is 0 Å². The Bertz CT molecular complexity index is 584. The summed E-state index contributed by atoms with van der Waals surface area (Å²) in [7, 11) is -1.16. The molecule has 0 bridgehead atoms. The van der Waals surface area contributed by atoms with Crippen molar-refractivity contribution in [1.29, 1.82) is 0 Å². The van der Waals surface area contributed by atoms with Crippen molar-refractivity contribution in [2.75, 3.05) is 0 Å². The largest absolute Gasteiger partial charge is 0.525 e. The predicted octanol–water partition coefficient (Wildman–Crippen LogP) is 3.54. The standard InChI is InChI=1S/C14H17BFNO4/c1-13(2)14(3,4)21-15(20-13)12(16)9-10-7-5-6-8-11(10)17(18)19/h5-9H,1-4H3. The van der Waals surface area contributed by atoms with E-state index in [-0.39, 0.29) is 11.3 Å². The molecule has 0 spiro atoms. The van der Waals surface area contributed by atoms with Gasteiger partial charge in [0.15, 0.2) is 0 Å². The molecule has 0 atom stereocenters. The Morgan fingerprint density at radius 3 is 2.29 bits per heavy atom. The average Bonchev–Trinajstić information content (AvgIpc) is 2.59. The minimum absolute atomic E-state index is 0.163. The molecule has 0 N–H and O–H groups in total. The van der Waals surface area contributed by atoms with Crippen LogP contribution in [0.25, 0.3) is 6.08 Å². The molecule has 1 heterocycles. The maximum Gasteiger partial charge on any atom is 0.525 e. The lowest BCUT2D eigenvalue weighted by Gasteiger charge is -2.32. The summed E-state index contributed by atoms with van der Waals surface area (Å²) in [6.07, 6.45) is 1.08. The first-order valence-electron chi connectivity index (χ1n) is 6.60. The molecule has 0 unspecified atom stereocenters. The summed E-state index contributed by atoms with van der Waals surface area (Å²) < 4.78 is 25.4. The van der Waals surface area contributed by atoms with Crippen molar-refractivity contribution in [2.24, 2.45) is 0 Å². The Morgan fingerprint density at radius 1 is 1.24 bits per heavy atom. The summed E-state index contributed by atoms with van der Waals surface area (Å²) in [5.74, 6) is 0. The number of nitro benzene ring substituents is 1. The highest BCUT2D eigenvalue weighted by Crippen LogP contribution is 2.39. The lowest BCUT2D eigenvalue weighted by atomic mass is 9.86. The molecular weight excluding hydrogens is 276 g/mol. The SMILES string of the molecule is CC1(C)OB(C(F)=Cc2ccccc2[N+](=O)[O-])OC1(C)C. The Balaban J connectivity index is 2.30. The van der Waals surface area contributed by atoms with Crippen LogP contribution in [-0.4, -0.2) is 23.2 Å². The first-order valence-corrected chi connectivity index (χ1v) is 6.60. The van der Waals surface area contributed by atoms with Gasteiger partial charge in [-0.1, -0.05) is 12.1 Å². The number of halogens is 1.